The number of ether oxygens (including phenoxy) is 2. The number of hydrogen-bond acceptors (Lipinski definition) is 8. The van der Waals surface area contributed by atoms with E-state index < -0.39 is 35.6 Å². The molecule has 0 aromatic carbocycles. The topological polar surface area (TPSA) is 109 Å². The van der Waals surface area contributed by atoms with Gasteiger partial charge in [0.15, 0.2) is 0 Å². The second-order valence-corrected chi connectivity index (χ2v) is 11.3. The van der Waals surface area contributed by atoms with Crippen LogP contribution in [0.4, 0.5) is 0 Å². The number of epoxide rings is 1. The van der Waals surface area contributed by atoms with Crippen molar-refractivity contribution in [3.8, 4) is 0 Å². The van der Waals surface area contributed by atoms with Gasteiger partial charge < -0.3 is 19.7 Å². The Morgan fingerprint density at radius 3 is 2.55 bits per heavy atom. The molecule has 0 amide bonds. The van der Waals surface area contributed by atoms with Crippen molar-refractivity contribution < 1.29 is 29.3 Å². The summed E-state index contributed by atoms with van der Waals surface area (Å²) in [6.07, 6.45) is 1.10. The van der Waals surface area contributed by atoms with Crippen LogP contribution in [0, 0.1) is 24.2 Å². The lowest BCUT2D eigenvalue weighted by Gasteiger charge is -2.34. The Labute approximate surface area is 200 Å². The number of fused-ring (bicyclic) bond motifs is 1. The molecule has 0 saturated carbocycles. The van der Waals surface area contributed by atoms with Gasteiger partial charge >= 0.3 is 5.97 Å². The van der Waals surface area contributed by atoms with Crippen molar-refractivity contribution in [1.29, 1.82) is 0 Å². The van der Waals surface area contributed by atoms with Crippen molar-refractivity contribution in [3.63, 3.8) is 0 Å². The zero-order valence-corrected chi connectivity index (χ0v) is 21.2. The Morgan fingerprint density at radius 1 is 1.21 bits per heavy atom. The van der Waals surface area contributed by atoms with Crippen LogP contribution < -0.4 is 0 Å². The Morgan fingerprint density at radius 2 is 1.91 bits per heavy atom. The predicted molar refractivity (Wildman–Crippen MR) is 127 cm³/mol. The first-order valence-electron chi connectivity index (χ1n) is 11.8. The van der Waals surface area contributed by atoms with Crippen molar-refractivity contribution >= 4 is 29.2 Å². The number of aromatic nitrogens is 1. The second-order valence-electron chi connectivity index (χ2n) is 10.2. The van der Waals surface area contributed by atoms with Crippen LogP contribution in [0.2, 0.25) is 0 Å². The van der Waals surface area contributed by atoms with Gasteiger partial charge in [0.2, 0.25) is 0 Å². The highest BCUT2D eigenvalue weighted by atomic mass is 32.1. The molecule has 3 rings (SSSR count). The first kappa shape index (κ1) is 26.0. The van der Waals surface area contributed by atoms with Crippen LogP contribution in [0.15, 0.2) is 11.0 Å². The largest absolute Gasteiger partial charge is 0.458 e. The molecular formula is C25H37NO6S. The zero-order valence-electron chi connectivity index (χ0n) is 20.4. The molecule has 0 aliphatic carbocycles. The number of nitrogens with zero attached hydrogens (tertiary/aromatic N) is 1. The normalized spacial score (nSPS) is 36.4. The highest BCUT2D eigenvalue weighted by Crippen LogP contribution is 2.37. The number of ketones is 1. The Hall–Kier alpha value is -1.61. The molecule has 7 atom stereocenters. The van der Waals surface area contributed by atoms with Gasteiger partial charge in [-0.1, -0.05) is 27.7 Å². The number of carbonyl (C=O) groups excluding carboxylic acids is 2. The molecule has 184 valence electrons. The minimum atomic E-state index is -1.22. The Kier molecular flexibility index (Phi) is 8.15. The van der Waals surface area contributed by atoms with Crippen molar-refractivity contribution in [2.45, 2.75) is 97.7 Å². The number of aryl methyl sites for hydroxylation is 1. The lowest BCUT2D eigenvalue weighted by Crippen LogP contribution is -2.45. The molecule has 8 heteroatoms. The molecule has 0 unspecified atom stereocenters. The maximum atomic E-state index is 13.1. The molecule has 0 bridgehead atoms. The SMILES string of the molecule is C/C(=C\c1csc(C)n1)[C@@H]1C[C@@H]2O[C@@H]2CC[C@H](C)[C@H](O)[C@@H](C)C(=O)C(C)(C)[C@@H](O)CC(=O)O1. The zero-order chi connectivity index (χ0) is 24.5. The third kappa shape index (κ3) is 6.29. The van der Waals surface area contributed by atoms with E-state index in [1.165, 1.54) is 0 Å². The van der Waals surface area contributed by atoms with Crippen LogP contribution in [0.1, 0.15) is 71.0 Å². The number of rotatable bonds is 2. The number of aliphatic hydroxyl groups is 2. The van der Waals surface area contributed by atoms with Crippen molar-refractivity contribution in [2.24, 2.45) is 17.3 Å². The van der Waals surface area contributed by atoms with Crippen LogP contribution in [-0.2, 0) is 19.1 Å². The summed E-state index contributed by atoms with van der Waals surface area (Å²) in [5, 5.41) is 24.5. The predicted octanol–water partition coefficient (Wildman–Crippen LogP) is 3.70. The van der Waals surface area contributed by atoms with E-state index in [9.17, 15) is 19.8 Å². The summed E-state index contributed by atoms with van der Waals surface area (Å²) in [6, 6.07) is 0. The van der Waals surface area contributed by atoms with Crippen LogP contribution in [0.3, 0.4) is 0 Å². The number of esters is 1. The van der Waals surface area contributed by atoms with Gasteiger partial charge in [-0.2, -0.15) is 0 Å². The average Bonchev–Trinajstić information content (AvgIpc) is 3.37. The van der Waals surface area contributed by atoms with Gasteiger partial charge in [-0.25, -0.2) is 4.98 Å². The third-order valence-electron chi connectivity index (χ3n) is 7.17. The first-order chi connectivity index (χ1) is 15.4. The average molecular weight is 480 g/mol. The van der Waals surface area contributed by atoms with Gasteiger partial charge in [-0.05, 0) is 44.3 Å². The summed E-state index contributed by atoms with van der Waals surface area (Å²) in [4.78, 5) is 30.4. The lowest BCUT2D eigenvalue weighted by atomic mass is 9.73. The monoisotopic (exact) mass is 479 g/mol. The van der Waals surface area contributed by atoms with Crippen LogP contribution in [-0.4, -0.2) is 57.5 Å². The number of carbonyl (C=O) groups is 2. The molecule has 1 aromatic heterocycles. The fourth-order valence-corrected chi connectivity index (χ4v) is 5.14. The standard InChI is InChI=1S/C25H37NO6S/c1-13-7-8-18-20(31-18)10-19(14(2)9-17-12-33-16(4)26-17)32-22(28)11-21(27)25(5,6)24(30)15(3)23(13)29/h9,12-13,15,18-21,23,27,29H,7-8,10-11H2,1-6H3/b14-9+/t13-,15+,18+,19-,20-,21-,23-/m0/s1. The number of hydrogen-bond donors (Lipinski definition) is 2. The summed E-state index contributed by atoms with van der Waals surface area (Å²) in [5.41, 5.74) is 0.483. The van der Waals surface area contributed by atoms with E-state index in [4.69, 9.17) is 9.47 Å². The Balaban J connectivity index is 1.84. The second kappa shape index (κ2) is 10.3. The summed E-state index contributed by atoms with van der Waals surface area (Å²) in [5.74, 6) is -1.57. The van der Waals surface area contributed by atoms with Crippen LogP contribution >= 0.6 is 11.3 Å². The maximum absolute atomic E-state index is 13.1. The highest BCUT2D eigenvalue weighted by molar-refractivity contribution is 7.09. The molecule has 2 fully saturated rings. The van der Waals surface area contributed by atoms with Gasteiger partial charge in [-0.15, -0.1) is 11.3 Å². The molecule has 2 saturated heterocycles. The quantitative estimate of drug-likeness (QED) is 0.492. The number of thiazole rings is 1. The van der Waals surface area contributed by atoms with Gasteiger partial charge in [-0.3, -0.25) is 9.59 Å². The van der Waals surface area contributed by atoms with E-state index in [0.29, 0.717) is 6.42 Å². The van der Waals surface area contributed by atoms with E-state index in [-0.39, 0.29) is 30.3 Å². The summed E-state index contributed by atoms with van der Waals surface area (Å²) in [7, 11) is 0. The van der Waals surface area contributed by atoms with Crippen LogP contribution in [0.5, 0.6) is 0 Å². The highest BCUT2D eigenvalue weighted by Gasteiger charge is 2.45. The minimum absolute atomic E-state index is 0.0294. The third-order valence-corrected chi connectivity index (χ3v) is 7.96. The summed E-state index contributed by atoms with van der Waals surface area (Å²) in [6.45, 7) is 10.7. The van der Waals surface area contributed by atoms with Gasteiger partial charge in [0.1, 0.15) is 11.9 Å². The van der Waals surface area contributed by atoms with Crippen molar-refractivity contribution in [1.82, 2.24) is 4.98 Å². The molecule has 1 aromatic rings. The number of cyclic esters (lactones) is 1. The minimum Gasteiger partial charge on any atom is -0.458 e. The lowest BCUT2D eigenvalue weighted by molar-refractivity contribution is -0.154. The van der Waals surface area contributed by atoms with E-state index in [1.807, 2.05) is 32.2 Å². The molecule has 2 aliphatic rings. The first-order valence-corrected chi connectivity index (χ1v) is 12.6. The van der Waals surface area contributed by atoms with Crippen molar-refractivity contribution in [3.05, 3.63) is 21.7 Å². The van der Waals surface area contributed by atoms with E-state index >= 15 is 0 Å². The molecule has 2 aliphatic heterocycles. The van der Waals surface area contributed by atoms with Gasteiger partial charge in [0.05, 0.1) is 47.0 Å². The fourth-order valence-electron chi connectivity index (χ4n) is 4.57. The fraction of sp³-hybridized carbons (Fsp3) is 0.720. The van der Waals surface area contributed by atoms with Gasteiger partial charge in [0, 0.05) is 17.7 Å². The van der Waals surface area contributed by atoms with E-state index in [0.717, 1.165) is 29.1 Å². The number of aliphatic hydroxyl groups excluding tert-OH is 2. The summed E-state index contributed by atoms with van der Waals surface area (Å²) >= 11 is 1.55. The number of Topliss-reactive ketones (excluding diaryl/α,β-unsaturated/α-hetero) is 1. The molecule has 33 heavy (non-hydrogen) atoms. The summed E-state index contributed by atoms with van der Waals surface area (Å²) < 4.78 is 11.6. The van der Waals surface area contributed by atoms with E-state index in [2.05, 4.69) is 4.98 Å². The molecule has 3 heterocycles. The molecule has 2 N–H and O–H groups in total. The Bertz CT molecular complexity index is 893. The van der Waals surface area contributed by atoms with E-state index in [1.54, 1.807) is 32.1 Å². The van der Waals surface area contributed by atoms with Crippen molar-refractivity contribution in [2.75, 3.05) is 0 Å². The molecule has 7 nitrogen and oxygen atoms in total. The maximum Gasteiger partial charge on any atom is 0.309 e. The van der Waals surface area contributed by atoms with Gasteiger partial charge in [0.25, 0.3) is 0 Å². The van der Waals surface area contributed by atoms with Crippen LogP contribution in [0.25, 0.3) is 6.08 Å². The molecule has 0 spiro atoms. The molecule has 0 radical (unpaired) electrons. The smallest absolute Gasteiger partial charge is 0.309 e. The molecular weight excluding hydrogens is 442 g/mol.